The van der Waals surface area contributed by atoms with E-state index in [4.69, 9.17) is 5.73 Å². The molecule has 1 aromatic rings. The van der Waals surface area contributed by atoms with Crippen LogP contribution in [0.15, 0.2) is 0 Å². The lowest BCUT2D eigenvalue weighted by Gasteiger charge is -2.25. The quantitative estimate of drug-likeness (QED) is 0.771. The van der Waals surface area contributed by atoms with Gasteiger partial charge in [0.2, 0.25) is 5.95 Å². The summed E-state index contributed by atoms with van der Waals surface area (Å²) in [5, 5.41) is 3.38. The molecule has 0 aliphatic carbocycles. The summed E-state index contributed by atoms with van der Waals surface area (Å²) < 4.78 is 0. The second kappa shape index (κ2) is 6.00. The van der Waals surface area contributed by atoms with Gasteiger partial charge in [0, 0.05) is 38.7 Å². The van der Waals surface area contributed by atoms with Gasteiger partial charge in [-0.05, 0) is 6.42 Å². The molecule has 0 radical (unpaired) electrons. The van der Waals surface area contributed by atoms with E-state index in [1.165, 1.54) is 24.8 Å². The van der Waals surface area contributed by atoms with Crippen LogP contribution >= 0.6 is 0 Å². The molecule has 1 aliphatic heterocycles. The van der Waals surface area contributed by atoms with Crippen LogP contribution in [0.1, 0.15) is 37.4 Å². The topological polar surface area (TPSA) is 67.1 Å². The molecule has 0 saturated carbocycles. The van der Waals surface area contributed by atoms with E-state index in [-0.39, 0.29) is 0 Å². The van der Waals surface area contributed by atoms with Crippen molar-refractivity contribution in [3.8, 4) is 0 Å². The zero-order valence-corrected chi connectivity index (χ0v) is 11.4. The molecule has 0 atom stereocenters. The van der Waals surface area contributed by atoms with Gasteiger partial charge in [-0.15, -0.1) is 0 Å². The Morgan fingerprint density at radius 2 is 2.17 bits per heavy atom. The molecule has 0 aromatic carbocycles. The third-order valence-corrected chi connectivity index (χ3v) is 3.39. The molecular formula is C13H23N5. The average molecular weight is 249 g/mol. The molecule has 5 heteroatoms. The van der Waals surface area contributed by atoms with E-state index in [0.29, 0.717) is 5.95 Å². The molecule has 18 heavy (non-hydrogen) atoms. The van der Waals surface area contributed by atoms with Crippen molar-refractivity contribution in [2.24, 2.45) is 0 Å². The Morgan fingerprint density at radius 3 is 2.94 bits per heavy atom. The van der Waals surface area contributed by atoms with Gasteiger partial charge in [-0.3, -0.25) is 0 Å². The maximum atomic E-state index is 5.81. The van der Waals surface area contributed by atoms with E-state index in [2.05, 4.69) is 34.2 Å². The highest BCUT2D eigenvalue weighted by atomic mass is 15.2. The van der Waals surface area contributed by atoms with Crippen LogP contribution in [0.3, 0.4) is 0 Å². The van der Waals surface area contributed by atoms with Gasteiger partial charge in [0.15, 0.2) is 0 Å². The van der Waals surface area contributed by atoms with Crippen LogP contribution in [0.4, 0.5) is 11.8 Å². The number of unbranched alkanes of at least 4 members (excludes halogenated alkanes) is 2. The lowest BCUT2D eigenvalue weighted by atomic mass is 10.1. The number of fused-ring (bicyclic) bond motifs is 1. The smallest absolute Gasteiger partial charge is 0.222 e. The summed E-state index contributed by atoms with van der Waals surface area (Å²) >= 11 is 0. The minimum atomic E-state index is 0.396. The monoisotopic (exact) mass is 249 g/mol. The van der Waals surface area contributed by atoms with Crippen molar-refractivity contribution in [2.75, 3.05) is 30.8 Å². The molecule has 0 unspecified atom stereocenters. The van der Waals surface area contributed by atoms with E-state index < -0.39 is 0 Å². The van der Waals surface area contributed by atoms with Gasteiger partial charge in [-0.25, -0.2) is 4.98 Å². The highest BCUT2D eigenvalue weighted by Crippen LogP contribution is 2.23. The average Bonchev–Trinajstić information content (AvgIpc) is 2.38. The van der Waals surface area contributed by atoms with Crippen LogP contribution in [0.5, 0.6) is 0 Å². The molecule has 100 valence electrons. The zero-order chi connectivity index (χ0) is 13.0. The van der Waals surface area contributed by atoms with Crippen LogP contribution in [-0.2, 0) is 13.0 Å². The third-order valence-electron chi connectivity index (χ3n) is 3.39. The number of nitrogen functional groups attached to an aromatic ring is 1. The van der Waals surface area contributed by atoms with Crippen molar-refractivity contribution in [3.05, 3.63) is 11.3 Å². The zero-order valence-electron chi connectivity index (χ0n) is 11.4. The minimum absolute atomic E-state index is 0.396. The number of hydrogen-bond donors (Lipinski definition) is 2. The molecule has 0 amide bonds. The molecule has 2 heterocycles. The first-order chi connectivity index (χ1) is 8.72. The van der Waals surface area contributed by atoms with E-state index in [1.54, 1.807) is 0 Å². The van der Waals surface area contributed by atoms with E-state index >= 15 is 0 Å². The fourth-order valence-corrected chi connectivity index (χ4v) is 2.36. The summed E-state index contributed by atoms with van der Waals surface area (Å²) in [4.78, 5) is 11.0. The number of hydrogen-bond acceptors (Lipinski definition) is 5. The van der Waals surface area contributed by atoms with E-state index in [9.17, 15) is 0 Å². The van der Waals surface area contributed by atoms with Gasteiger partial charge in [-0.2, -0.15) is 4.98 Å². The van der Waals surface area contributed by atoms with Gasteiger partial charge in [0.05, 0.1) is 5.69 Å². The van der Waals surface area contributed by atoms with Gasteiger partial charge in [-0.1, -0.05) is 19.8 Å². The first-order valence-corrected chi connectivity index (χ1v) is 6.79. The maximum Gasteiger partial charge on any atom is 0.222 e. The molecule has 0 fully saturated rings. The fraction of sp³-hybridized carbons (Fsp3) is 0.692. The Labute approximate surface area is 109 Å². The molecule has 0 spiro atoms. The van der Waals surface area contributed by atoms with Crippen LogP contribution < -0.4 is 16.0 Å². The standard InChI is InChI=1S/C13H23N5/c1-3-4-5-8-18(2)12-10-9-15-7-6-11(10)16-13(14)17-12/h15H,3-9H2,1-2H3,(H2,14,16,17). The van der Waals surface area contributed by atoms with Gasteiger partial charge in [0.1, 0.15) is 5.82 Å². The largest absolute Gasteiger partial charge is 0.368 e. The van der Waals surface area contributed by atoms with Crippen molar-refractivity contribution in [1.29, 1.82) is 0 Å². The molecule has 0 bridgehead atoms. The van der Waals surface area contributed by atoms with Gasteiger partial charge >= 0.3 is 0 Å². The number of aromatic nitrogens is 2. The normalized spacial score (nSPS) is 14.3. The van der Waals surface area contributed by atoms with Crippen molar-refractivity contribution >= 4 is 11.8 Å². The van der Waals surface area contributed by atoms with Gasteiger partial charge in [0.25, 0.3) is 0 Å². The number of nitrogens with zero attached hydrogens (tertiary/aromatic N) is 3. The van der Waals surface area contributed by atoms with Crippen LogP contribution in [0.2, 0.25) is 0 Å². The first-order valence-electron chi connectivity index (χ1n) is 6.79. The van der Waals surface area contributed by atoms with Crippen LogP contribution in [0, 0.1) is 0 Å². The van der Waals surface area contributed by atoms with Crippen LogP contribution in [-0.4, -0.2) is 30.1 Å². The molecule has 0 saturated heterocycles. The first kappa shape index (κ1) is 13.1. The highest BCUT2D eigenvalue weighted by Gasteiger charge is 2.18. The number of nitrogens with two attached hydrogens (primary N) is 1. The molecule has 5 nitrogen and oxygen atoms in total. The number of anilines is 2. The SMILES string of the molecule is CCCCCN(C)c1nc(N)nc2c1CNCC2. The number of rotatable bonds is 5. The molecular weight excluding hydrogens is 226 g/mol. The second-order valence-electron chi connectivity index (χ2n) is 4.89. The van der Waals surface area contributed by atoms with Crippen molar-refractivity contribution < 1.29 is 0 Å². The number of nitrogens with one attached hydrogen (secondary N) is 1. The Balaban J connectivity index is 2.17. The summed E-state index contributed by atoms with van der Waals surface area (Å²) in [6.07, 6.45) is 4.63. The van der Waals surface area contributed by atoms with E-state index in [1.807, 2.05) is 0 Å². The fourth-order valence-electron chi connectivity index (χ4n) is 2.36. The van der Waals surface area contributed by atoms with Gasteiger partial charge < -0.3 is 16.0 Å². The van der Waals surface area contributed by atoms with Crippen molar-refractivity contribution in [1.82, 2.24) is 15.3 Å². The predicted octanol–water partition coefficient (Wildman–Crippen LogP) is 1.33. The summed E-state index contributed by atoms with van der Waals surface area (Å²) in [7, 11) is 2.09. The minimum Gasteiger partial charge on any atom is -0.368 e. The summed E-state index contributed by atoms with van der Waals surface area (Å²) in [6.45, 7) is 5.07. The second-order valence-corrected chi connectivity index (χ2v) is 4.89. The maximum absolute atomic E-state index is 5.81. The lowest BCUT2D eigenvalue weighted by Crippen LogP contribution is -2.30. The summed E-state index contributed by atoms with van der Waals surface area (Å²) in [6, 6.07) is 0. The van der Waals surface area contributed by atoms with Crippen LogP contribution in [0.25, 0.3) is 0 Å². The Morgan fingerprint density at radius 1 is 1.33 bits per heavy atom. The molecule has 1 aliphatic rings. The van der Waals surface area contributed by atoms with Crippen molar-refractivity contribution in [2.45, 2.75) is 39.2 Å². The Hall–Kier alpha value is -1.36. The highest BCUT2D eigenvalue weighted by molar-refractivity contribution is 5.52. The Bertz CT molecular complexity index is 405. The lowest BCUT2D eigenvalue weighted by molar-refractivity contribution is 0.621. The van der Waals surface area contributed by atoms with E-state index in [0.717, 1.165) is 37.6 Å². The van der Waals surface area contributed by atoms with Crippen molar-refractivity contribution in [3.63, 3.8) is 0 Å². The third kappa shape index (κ3) is 2.90. The Kier molecular flexibility index (Phi) is 4.36. The molecule has 2 rings (SSSR count). The summed E-state index contributed by atoms with van der Waals surface area (Å²) in [5.74, 6) is 1.40. The molecule has 3 N–H and O–H groups in total. The predicted molar refractivity (Wildman–Crippen MR) is 74.7 cm³/mol. The molecule has 1 aromatic heterocycles. The summed E-state index contributed by atoms with van der Waals surface area (Å²) in [5.41, 5.74) is 8.13.